The minimum Gasteiger partial charge on any atom is -0.367 e. The number of carbonyl (C=O) groups is 1. The zero-order valence-corrected chi connectivity index (χ0v) is 16.7. The van der Waals surface area contributed by atoms with Crippen LogP contribution < -0.4 is 20.9 Å². The Bertz CT molecular complexity index is 934. The molecule has 0 spiro atoms. The Morgan fingerprint density at radius 2 is 1.90 bits per heavy atom. The van der Waals surface area contributed by atoms with Crippen LogP contribution in [0.5, 0.6) is 0 Å². The van der Waals surface area contributed by atoms with E-state index >= 15 is 0 Å². The molecule has 0 atom stereocenters. The Morgan fingerprint density at radius 3 is 2.59 bits per heavy atom. The van der Waals surface area contributed by atoms with E-state index in [4.69, 9.17) is 0 Å². The van der Waals surface area contributed by atoms with Crippen LogP contribution in [-0.2, 0) is 0 Å². The van der Waals surface area contributed by atoms with Gasteiger partial charge in [0.05, 0.1) is 5.69 Å². The van der Waals surface area contributed by atoms with Crippen LogP contribution in [0.25, 0.3) is 5.57 Å². The lowest BCUT2D eigenvalue weighted by atomic mass is 9.96. The van der Waals surface area contributed by atoms with Crippen LogP contribution in [0, 0.1) is 12.7 Å². The van der Waals surface area contributed by atoms with E-state index in [2.05, 4.69) is 28.1 Å². The topological polar surface area (TPSA) is 56.4 Å². The standard InChI is InChI=1S/C23H27FN4O/c1-16-14-18(17-6-8-25-9-7-17)2-4-20(16)23(29)27-19-3-5-22(21(24)15-19)28-12-10-26-11-13-28/h2-6,14-15,25-26H,7-13H2,1H3,(H,27,29). The SMILES string of the molecule is Cc1cc(C2=CCNCC2)ccc1C(=O)Nc1ccc(N2CCNCC2)c(F)c1. The number of amides is 1. The maximum Gasteiger partial charge on any atom is 0.255 e. The second-order valence-corrected chi connectivity index (χ2v) is 7.57. The average molecular weight is 394 g/mol. The van der Waals surface area contributed by atoms with Gasteiger partial charge in [-0.1, -0.05) is 18.2 Å². The lowest BCUT2D eigenvalue weighted by molar-refractivity contribution is 0.102. The highest BCUT2D eigenvalue weighted by Crippen LogP contribution is 2.25. The third-order valence-electron chi connectivity index (χ3n) is 5.57. The average Bonchev–Trinajstić information content (AvgIpc) is 2.75. The predicted octanol–water partition coefficient (Wildman–Crippen LogP) is 3.17. The summed E-state index contributed by atoms with van der Waals surface area (Å²) in [6, 6.07) is 10.8. The van der Waals surface area contributed by atoms with E-state index in [0.29, 0.717) is 16.9 Å². The summed E-state index contributed by atoms with van der Waals surface area (Å²) in [5, 5.41) is 9.40. The summed E-state index contributed by atoms with van der Waals surface area (Å²) in [5.41, 5.74) is 5.04. The molecule has 4 rings (SSSR count). The van der Waals surface area contributed by atoms with Gasteiger partial charge in [0.15, 0.2) is 0 Å². The number of rotatable bonds is 4. The van der Waals surface area contributed by atoms with Crippen molar-refractivity contribution in [2.75, 3.05) is 49.5 Å². The van der Waals surface area contributed by atoms with E-state index < -0.39 is 0 Å². The summed E-state index contributed by atoms with van der Waals surface area (Å²) in [6.45, 7) is 7.05. The normalized spacial score (nSPS) is 17.0. The molecule has 0 aromatic heterocycles. The first-order chi connectivity index (χ1) is 14.1. The van der Waals surface area contributed by atoms with Crippen LogP contribution in [-0.4, -0.2) is 45.2 Å². The summed E-state index contributed by atoms with van der Waals surface area (Å²) in [6.07, 6.45) is 3.18. The fraction of sp³-hybridized carbons (Fsp3) is 0.348. The molecule has 0 radical (unpaired) electrons. The molecule has 2 heterocycles. The molecule has 1 amide bonds. The second kappa shape index (κ2) is 8.76. The van der Waals surface area contributed by atoms with E-state index in [1.807, 2.05) is 24.0 Å². The molecule has 29 heavy (non-hydrogen) atoms. The van der Waals surface area contributed by atoms with Crippen LogP contribution in [0.4, 0.5) is 15.8 Å². The maximum atomic E-state index is 14.6. The molecule has 2 aromatic carbocycles. The predicted molar refractivity (Wildman–Crippen MR) is 116 cm³/mol. The molecule has 2 aromatic rings. The van der Waals surface area contributed by atoms with Gasteiger partial charge in [-0.3, -0.25) is 4.79 Å². The molecule has 1 fully saturated rings. The van der Waals surface area contributed by atoms with Crippen LogP contribution in [0.3, 0.4) is 0 Å². The Hall–Kier alpha value is -2.70. The number of carbonyl (C=O) groups excluding carboxylic acids is 1. The highest BCUT2D eigenvalue weighted by Gasteiger charge is 2.16. The third-order valence-corrected chi connectivity index (χ3v) is 5.57. The number of halogens is 1. The minimum atomic E-state index is -0.311. The van der Waals surface area contributed by atoms with Crippen molar-refractivity contribution in [3.8, 4) is 0 Å². The van der Waals surface area contributed by atoms with E-state index in [0.717, 1.165) is 56.8 Å². The van der Waals surface area contributed by atoms with Crippen LogP contribution in [0.2, 0.25) is 0 Å². The largest absolute Gasteiger partial charge is 0.367 e. The minimum absolute atomic E-state index is 0.220. The van der Waals surface area contributed by atoms with Gasteiger partial charge in [0, 0.05) is 44.0 Å². The van der Waals surface area contributed by atoms with Gasteiger partial charge in [-0.05, 0) is 60.9 Å². The van der Waals surface area contributed by atoms with E-state index in [1.54, 1.807) is 12.1 Å². The molecule has 0 aliphatic carbocycles. The fourth-order valence-corrected chi connectivity index (χ4v) is 3.95. The molecule has 152 valence electrons. The highest BCUT2D eigenvalue weighted by molar-refractivity contribution is 6.05. The van der Waals surface area contributed by atoms with Crippen molar-refractivity contribution in [3.63, 3.8) is 0 Å². The van der Waals surface area contributed by atoms with Crippen LogP contribution in [0.15, 0.2) is 42.5 Å². The molecule has 2 aliphatic rings. The summed E-state index contributed by atoms with van der Waals surface area (Å²) in [5.74, 6) is -0.530. The summed E-state index contributed by atoms with van der Waals surface area (Å²) in [7, 11) is 0. The van der Waals surface area contributed by atoms with Crippen LogP contribution >= 0.6 is 0 Å². The number of nitrogens with one attached hydrogen (secondary N) is 3. The molecule has 5 nitrogen and oxygen atoms in total. The number of benzene rings is 2. The zero-order valence-electron chi connectivity index (χ0n) is 16.7. The number of hydrogen-bond acceptors (Lipinski definition) is 4. The van der Waals surface area contributed by atoms with E-state index in [9.17, 15) is 9.18 Å². The van der Waals surface area contributed by atoms with Gasteiger partial charge in [-0.25, -0.2) is 4.39 Å². The zero-order chi connectivity index (χ0) is 20.2. The Morgan fingerprint density at radius 1 is 1.07 bits per heavy atom. The van der Waals surface area contributed by atoms with Crippen LogP contribution in [0.1, 0.15) is 27.9 Å². The molecule has 1 saturated heterocycles. The van der Waals surface area contributed by atoms with Crippen molar-refractivity contribution < 1.29 is 9.18 Å². The van der Waals surface area contributed by atoms with Crippen molar-refractivity contribution in [1.82, 2.24) is 10.6 Å². The van der Waals surface area contributed by atoms with Crippen molar-refractivity contribution in [1.29, 1.82) is 0 Å². The van der Waals surface area contributed by atoms with Gasteiger partial charge in [0.25, 0.3) is 5.91 Å². The smallest absolute Gasteiger partial charge is 0.255 e. The van der Waals surface area contributed by atoms with Gasteiger partial charge >= 0.3 is 0 Å². The van der Waals surface area contributed by atoms with Gasteiger partial charge in [-0.15, -0.1) is 0 Å². The monoisotopic (exact) mass is 394 g/mol. The molecule has 2 aliphatic heterocycles. The quantitative estimate of drug-likeness (QED) is 0.746. The van der Waals surface area contributed by atoms with Gasteiger partial charge in [-0.2, -0.15) is 0 Å². The van der Waals surface area contributed by atoms with Crippen molar-refractivity contribution in [3.05, 3.63) is 65.0 Å². The number of aryl methyl sites for hydroxylation is 1. The maximum absolute atomic E-state index is 14.6. The summed E-state index contributed by atoms with van der Waals surface area (Å²) < 4.78 is 14.6. The van der Waals surface area contributed by atoms with E-state index in [-0.39, 0.29) is 11.7 Å². The van der Waals surface area contributed by atoms with Crippen molar-refractivity contribution >= 4 is 22.9 Å². The summed E-state index contributed by atoms with van der Waals surface area (Å²) >= 11 is 0. The molecule has 3 N–H and O–H groups in total. The molecular weight excluding hydrogens is 367 g/mol. The first-order valence-corrected chi connectivity index (χ1v) is 10.2. The number of nitrogens with zero attached hydrogens (tertiary/aromatic N) is 1. The molecule has 0 unspecified atom stereocenters. The molecule has 0 saturated carbocycles. The first kappa shape index (κ1) is 19.6. The lowest BCUT2D eigenvalue weighted by Gasteiger charge is -2.29. The van der Waals surface area contributed by atoms with Crippen molar-refractivity contribution in [2.45, 2.75) is 13.3 Å². The Labute approximate surface area is 171 Å². The third kappa shape index (κ3) is 4.49. The van der Waals surface area contributed by atoms with E-state index in [1.165, 1.54) is 11.6 Å². The number of piperazine rings is 1. The van der Waals surface area contributed by atoms with Gasteiger partial charge in [0.2, 0.25) is 0 Å². The first-order valence-electron chi connectivity index (χ1n) is 10.2. The molecular formula is C23H27FN4O. The van der Waals surface area contributed by atoms with Gasteiger partial charge in [0.1, 0.15) is 5.82 Å². The van der Waals surface area contributed by atoms with Gasteiger partial charge < -0.3 is 20.9 Å². The van der Waals surface area contributed by atoms with Crippen molar-refractivity contribution in [2.24, 2.45) is 0 Å². The Balaban J connectivity index is 1.47. The molecule has 0 bridgehead atoms. The molecule has 6 heteroatoms. The Kier molecular flexibility index (Phi) is 5.92. The summed E-state index contributed by atoms with van der Waals surface area (Å²) in [4.78, 5) is 14.8. The highest BCUT2D eigenvalue weighted by atomic mass is 19.1. The second-order valence-electron chi connectivity index (χ2n) is 7.57. The fourth-order valence-electron chi connectivity index (χ4n) is 3.95. The number of hydrogen-bond donors (Lipinski definition) is 3. The number of anilines is 2. The lowest BCUT2D eigenvalue weighted by Crippen LogP contribution is -2.43.